The van der Waals surface area contributed by atoms with Crippen LogP contribution in [0.25, 0.3) is 0 Å². The van der Waals surface area contributed by atoms with Gasteiger partial charge in [0.2, 0.25) is 5.91 Å². The number of carbonyl (C=O) groups excluding carboxylic acids is 2. The minimum atomic E-state index is -0.446. The number of anilines is 1. The fraction of sp³-hybridized carbons (Fsp3) is 0.217. The molecule has 0 aliphatic heterocycles. The summed E-state index contributed by atoms with van der Waals surface area (Å²) in [5, 5.41) is 15.6. The molecule has 0 spiro atoms. The Bertz CT molecular complexity index is 1200. The van der Waals surface area contributed by atoms with Gasteiger partial charge in [0, 0.05) is 22.2 Å². The summed E-state index contributed by atoms with van der Waals surface area (Å²) in [5.41, 5.74) is 0.919. The third-order valence-corrected chi connectivity index (χ3v) is 6.08. The highest BCUT2D eigenvalue weighted by Gasteiger charge is 2.21. The van der Waals surface area contributed by atoms with Crippen molar-refractivity contribution in [3.63, 3.8) is 0 Å². The molecule has 0 aliphatic rings. The third-order valence-electron chi connectivity index (χ3n) is 4.65. The van der Waals surface area contributed by atoms with Crippen LogP contribution in [0.15, 0.2) is 60.3 Å². The summed E-state index contributed by atoms with van der Waals surface area (Å²) in [7, 11) is 1.51. The molecular formula is C23H23Cl2N5O3S. The highest BCUT2D eigenvalue weighted by Crippen LogP contribution is 2.28. The van der Waals surface area contributed by atoms with Crippen molar-refractivity contribution < 1.29 is 14.3 Å². The Morgan fingerprint density at radius 2 is 1.97 bits per heavy atom. The van der Waals surface area contributed by atoms with E-state index in [4.69, 9.17) is 27.9 Å². The number of ether oxygens (including phenoxy) is 1. The molecule has 8 nitrogen and oxygen atoms in total. The average Bonchev–Trinajstić information content (AvgIpc) is 3.21. The molecule has 3 aromatic rings. The van der Waals surface area contributed by atoms with E-state index in [1.165, 1.54) is 18.9 Å². The zero-order valence-corrected chi connectivity index (χ0v) is 20.9. The number of amides is 2. The Morgan fingerprint density at radius 1 is 1.21 bits per heavy atom. The Hall–Kier alpha value is -3.01. The van der Waals surface area contributed by atoms with E-state index >= 15 is 0 Å². The van der Waals surface area contributed by atoms with Crippen LogP contribution in [0, 0.1) is 0 Å². The minimum absolute atomic E-state index is 0.0776. The Morgan fingerprint density at radius 3 is 2.68 bits per heavy atom. The predicted octanol–water partition coefficient (Wildman–Crippen LogP) is 5.00. The number of hydrogen-bond acceptors (Lipinski definition) is 6. The van der Waals surface area contributed by atoms with Gasteiger partial charge in [-0.3, -0.25) is 9.59 Å². The zero-order chi connectivity index (χ0) is 24.7. The number of rotatable bonds is 10. The normalized spacial score (nSPS) is 11.5. The lowest BCUT2D eigenvalue weighted by atomic mass is 10.2. The molecule has 2 N–H and O–H groups in total. The van der Waals surface area contributed by atoms with Crippen molar-refractivity contribution in [1.29, 1.82) is 0 Å². The lowest BCUT2D eigenvalue weighted by Crippen LogP contribution is -2.28. The number of nitrogens with one attached hydrogen (secondary N) is 2. The minimum Gasteiger partial charge on any atom is -0.495 e. The molecular weight excluding hydrogens is 497 g/mol. The van der Waals surface area contributed by atoms with Crippen LogP contribution in [0.4, 0.5) is 5.69 Å². The first-order chi connectivity index (χ1) is 16.3. The highest BCUT2D eigenvalue weighted by molar-refractivity contribution is 7.99. The van der Waals surface area contributed by atoms with Crippen LogP contribution in [0.5, 0.6) is 5.75 Å². The van der Waals surface area contributed by atoms with Gasteiger partial charge in [0.25, 0.3) is 5.91 Å². The lowest BCUT2D eigenvalue weighted by molar-refractivity contribution is -0.113. The number of thioether (sulfide) groups is 1. The van der Waals surface area contributed by atoms with Crippen molar-refractivity contribution in [2.45, 2.75) is 24.7 Å². The van der Waals surface area contributed by atoms with Gasteiger partial charge < -0.3 is 19.9 Å². The fourth-order valence-electron chi connectivity index (χ4n) is 3.10. The van der Waals surface area contributed by atoms with Gasteiger partial charge in [-0.05, 0) is 43.3 Å². The molecule has 2 amide bonds. The van der Waals surface area contributed by atoms with Gasteiger partial charge in [0.1, 0.15) is 5.75 Å². The third kappa shape index (κ3) is 6.53. The van der Waals surface area contributed by atoms with Crippen LogP contribution in [0.1, 0.15) is 29.1 Å². The van der Waals surface area contributed by atoms with E-state index in [-0.39, 0.29) is 17.6 Å². The monoisotopic (exact) mass is 519 g/mol. The number of aromatic nitrogens is 3. The first-order valence-electron chi connectivity index (χ1n) is 10.2. The second-order valence-corrected chi connectivity index (χ2v) is 8.94. The molecule has 178 valence electrons. The molecule has 0 aliphatic carbocycles. The number of methoxy groups -OCH3 is 1. The van der Waals surface area contributed by atoms with E-state index in [0.717, 1.165) is 0 Å². The van der Waals surface area contributed by atoms with Gasteiger partial charge >= 0.3 is 0 Å². The zero-order valence-electron chi connectivity index (χ0n) is 18.5. The van der Waals surface area contributed by atoms with Gasteiger partial charge in [-0.1, -0.05) is 47.1 Å². The average molecular weight is 520 g/mol. The van der Waals surface area contributed by atoms with E-state index in [0.29, 0.717) is 44.6 Å². The lowest BCUT2D eigenvalue weighted by Gasteiger charge is -2.15. The van der Waals surface area contributed by atoms with Gasteiger partial charge in [0.15, 0.2) is 11.0 Å². The van der Waals surface area contributed by atoms with Gasteiger partial charge in [-0.25, -0.2) is 0 Å². The molecule has 11 heteroatoms. The standard InChI is InChI=1S/C23H23Cl2N5O3S/c1-4-10-30-21(14(2)26-22(32)15-6-5-7-16(24)11-15)28-29-23(30)34-13-20(31)27-18-12-17(25)8-9-19(18)33-3/h4-9,11-12,14H,1,10,13H2,2-3H3,(H,26,32)(H,27,31). The molecule has 0 saturated heterocycles. The molecule has 0 fully saturated rings. The van der Waals surface area contributed by atoms with Gasteiger partial charge in [-0.2, -0.15) is 0 Å². The number of hydrogen-bond donors (Lipinski definition) is 2. The molecule has 0 saturated carbocycles. The maximum absolute atomic E-state index is 12.6. The summed E-state index contributed by atoms with van der Waals surface area (Å²) >= 11 is 13.2. The smallest absolute Gasteiger partial charge is 0.251 e. The van der Waals surface area contributed by atoms with Crippen LogP contribution < -0.4 is 15.4 Å². The van der Waals surface area contributed by atoms with Crippen molar-refractivity contribution in [2.75, 3.05) is 18.2 Å². The van der Waals surface area contributed by atoms with Crippen LogP contribution in [-0.2, 0) is 11.3 Å². The Balaban J connectivity index is 1.68. The molecule has 0 radical (unpaired) electrons. The molecule has 0 bridgehead atoms. The molecule has 2 aromatic carbocycles. The second kappa shape index (κ2) is 11.9. The molecule has 1 aromatic heterocycles. The number of benzene rings is 2. The summed E-state index contributed by atoms with van der Waals surface area (Å²) in [6.07, 6.45) is 1.69. The van der Waals surface area contributed by atoms with E-state index in [1.54, 1.807) is 60.0 Å². The first kappa shape index (κ1) is 25.6. The van der Waals surface area contributed by atoms with E-state index in [9.17, 15) is 9.59 Å². The Kier molecular flexibility index (Phi) is 8.98. The number of allylic oxidation sites excluding steroid dienone is 1. The van der Waals surface area contributed by atoms with Gasteiger partial charge in [-0.15, -0.1) is 16.8 Å². The van der Waals surface area contributed by atoms with E-state index in [2.05, 4.69) is 27.4 Å². The quantitative estimate of drug-likeness (QED) is 0.288. The van der Waals surface area contributed by atoms with E-state index in [1.807, 2.05) is 0 Å². The Labute approximate surface area is 211 Å². The van der Waals surface area contributed by atoms with Crippen molar-refractivity contribution >= 4 is 52.5 Å². The van der Waals surface area contributed by atoms with Crippen LogP contribution in [-0.4, -0.2) is 39.4 Å². The summed E-state index contributed by atoms with van der Waals surface area (Å²) < 4.78 is 7.05. The maximum atomic E-state index is 12.6. The first-order valence-corrected chi connectivity index (χ1v) is 11.9. The number of halogens is 2. The summed E-state index contributed by atoms with van der Waals surface area (Å²) in [6.45, 7) is 5.99. The van der Waals surface area contributed by atoms with E-state index < -0.39 is 6.04 Å². The van der Waals surface area contributed by atoms with Crippen molar-refractivity contribution in [3.8, 4) is 5.75 Å². The maximum Gasteiger partial charge on any atom is 0.251 e. The second-order valence-electron chi connectivity index (χ2n) is 7.13. The van der Waals surface area contributed by atoms with Crippen molar-refractivity contribution in [3.05, 3.63) is 76.6 Å². The molecule has 1 atom stereocenters. The van der Waals surface area contributed by atoms with Crippen molar-refractivity contribution in [1.82, 2.24) is 20.1 Å². The van der Waals surface area contributed by atoms with Crippen LogP contribution in [0.2, 0.25) is 10.0 Å². The molecule has 1 heterocycles. The van der Waals surface area contributed by atoms with Crippen LogP contribution >= 0.6 is 35.0 Å². The summed E-state index contributed by atoms with van der Waals surface area (Å²) in [6, 6.07) is 11.2. The highest BCUT2D eigenvalue weighted by atomic mass is 35.5. The molecule has 1 unspecified atom stereocenters. The fourth-order valence-corrected chi connectivity index (χ4v) is 4.21. The summed E-state index contributed by atoms with van der Waals surface area (Å²) in [4.78, 5) is 25.1. The largest absolute Gasteiger partial charge is 0.495 e. The molecule has 3 rings (SSSR count). The van der Waals surface area contributed by atoms with Crippen LogP contribution in [0.3, 0.4) is 0 Å². The summed E-state index contributed by atoms with van der Waals surface area (Å²) in [5.74, 6) is 0.572. The molecule has 34 heavy (non-hydrogen) atoms. The van der Waals surface area contributed by atoms with Gasteiger partial charge in [0.05, 0.1) is 24.6 Å². The topological polar surface area (TPSA) is 98.1 Å². The SMILES string of the molecule is C=CCn1c(SCC(=O)Nc2cc(Cl)ccc2OC)nnc1C(C)NC(=O)c1cccc(Cl)c1. The number of carbonyl (C=O) groups is 2. The van der Waals surface area contributed by atoms with Crippen molar-refractivity contribution in [2.24, 2.45) is 0 Å². The predicted molar refractivity (Wildman–Crippen MR) is 135 cm³/mol. The number of nitrogens with zero attached hydrogens (tertiary/aromatic N) is 3.